The van der Waals surface area contributed by atoms with Gasteiger partial charge in [-0.15, -0.1) is 0 Å². The van der Waals surface area contributed by atoms with Crippen molar-refractivity contribution < 1.29 is 0 Å². The molecule has 0 aliphatic heterocycles. The Balaban J connectivity index is 1.96. The first-order chi connectivity index (χ1) is 10.1. The standard InChI is InChI=1S/C18H22N2O/c1-12-4-8-16(13(2)10-12)17-9-5-14(18(21)20(17)3)11-19-15-6-7-15/h4-5,8-10,15,19H,6-7,11H2,1-3H3. The zero-order chi connectivity index (χ0) is 15.0. The van der Waals surface area contributed by atoms with Gasteiger partial charge in [0.05, 0.1) is 5.69 Å². The molecule has 1 saturated carbocycles. The fraction of sp³-hybridized carbons (Fsp3) is 0.389. The summed E-state index contributed by atoms with van der Waals surface area (Å²) in [5.41, 5.74) is 5.49. The van der Waals surface area contributed by atoms with Crippen LogP contribution in [0.25, 0.3) is 11.3 Å². The molecule has 0 radical (unpaired) electrons. The molecule has 3 nitrogen and oxygen atoms in total. The van der Waals surface area contributed by atoms with Crippen LogP contribution in [-0.2, 0) is 13.6 Å². The second kappa shape index (κ2) is 5.49. The molecule has 1 heterocycles. The molecule has 1 fully saturated rings. The third-order valence-corrected chi connectivity index (χ3v) is 4.20. The summed E-state index contributed by atoms with van der Waals surface area (Å²) in [5.74, 6) is 0. The Morgan fingerprint density at radius 3 is 2.62 bits per heavy atom. The minimum absolute atomic E-state index is 0.0978. The molecule has 0 spiro atoms. The van der Waals surface area contributed by atoms with Gasteiger partial charge in [-0.05, 0) is 38.3 Å². The van der Waals surface area contributed by atoms with E-state index in [1.165, 1.54) is 24.0 Å². The van der Waals surface area contributed by atoms with Gasteiger partial charge in [-0.2, -0.15) is 0 Å². The quantitative estimate of drug-likeness (QED) is 0.935. The molecule has 110 valence electrons. The summed E-state index contributed by atoms with van der Waals surface area (Å²) in [5, 5.41) is 3.41. The van der Waals surface area contributed by atoms with Crippen molar-refractivity contribution >= 4 is 0 Å². The van der Waals surface area contributed by atoms with E-state index in [0.717, 1.165) is 16.8 Å². The summed E-state index contributed by atoms with van der Waals surface area (Å²) in [6.07, 6.45) is 2.47. The molecular weight excluding hydrogens is 260 g/mol. The second-order valence-electron chi connectivity index (χ2n) is 6.08. The van der Waals surface area contributed by atoms with E-state index in [-0.39, 0.29) is 5.56 Å². The molecule has 0 unspecified atom stereocenters. The lowest BCUT2D eigenvalue weighted by Gasteiger charge is -2.13. The molecule has 1 aliphatic carbocycles. The van der Waals surface area contributed by atoms with E-state index in [2.05, 4.69) is 43.4 Å². The summed E-state index contributed by atoms with van der Waals surface area (Å²) in [6.45, 7) is 4.85. The molecule has 1 aliphatic rings. The number of benzene rings is 1. The number of pyridine rings is 1. The molecule has 2 aromatic rings. The number of aromatic nitrogens is 1. The Morgan fingerprint density at radius 1 is 1.19 bits per heavy atom. The van der Waals surface area contributed by atoms with Crippen molar-refractivity contribution in [3.05, 3.63) is 57.4 Å². The van der Waals surface area contributed by atoms with Crippen molar-refractivity contribution in [3.8, 4) is 11.3 Å². The van der Waals surface area contributed by atoms with Crippen LogP contribution in [0.4, 0.5) is 0 Å². The highest BCUT2D eigenvalue weighted by Gasteiger charge is 2.20. The maximum absolute atomic E-state index is 12.5. The van der Waals surface area contributed by atoms with Crippen LogP contribution >= 0.6 is 0 Å². The molecule has 0 amide bonds. The van der Waals surface area contributed by atoms with E-state index in [1.807, 2.05) is 13.1 Å². The lowest BCUT2D eigenvalue weighted by atomic mass is 10.0. The molecule has 1 N–H and O–H groups in total. The fourth-order valence-electron chi connectivity index (χ4n) is 2.74. The summed E-state index contributed by atoms with van der Waals surface area (Å²) in [6, 6.07) is 11.0. The summed E-state index contributed by atoms with van der Waals surface area (Å²) in [4.78, 5) is 12.5. The maximum Gasteiger partial charge on any atom is 0.255 e. The normalized spacial score (nSPS) is 14.4. The third kappa shape index (κ3) is 2.93. The number of hydrogen-bond donors (Lipinski definition) is 1. The molecular formula is C18H22N2O. The average Bonchev–Trinajstić information content (AvgIpc) is 3.26. The minimum Gasteiger partial charge on any atom is -0.311 e. The predicted octanol–water partition coefficient (Wildman–Crippen LogP) is 2.92. The second-order valence-corrected chi connectivity index (χ2v) is 6.08. The van der Waals surface area contributed by atoms with Crippen LogP contribution in [0.5, 0.6) is 0 Å². The Morgan fingerprint density at radius 2 is 1.95 bits per heavy atom. The van der Waals surface area contributed by atoms with Gasteiger partial charge >= 0.3 is 0 Å². The summed E-state index contributed by atoms with van der Waals surface area (Å²) < 4.78 is 1.77. The van der Waals surface area contributed by atoms with Crippen LogP contribution in [-0.4, -0.2) is 10.6 Å². The first-order valence-electron chi connectivity index (χ1n) is 7.56. The topological polar surface area (TPSA) is 34.0 Å². The van der Waals surface area contributed by atoms with Crippen LogP contribution in [0, 0.1) is 13.8 Å². The average molecular weight is 282 g/mol. The van der Waals surface area contributed by atoms with Gasteiger partial charge in [0.15, 0.2) is 0 Å². The molecule has 1 aromatic carbocycles. The number of rotatable bonds is 4. The number of aryl methyl sites for hydroxylation is 2. The van der Waals surface area contributed by atoms with E-state index in [0.29, 0.717) is 12.6 Å². The van der Waals surface area contributed by atoms with E-state index in [4.69, 9.17) is 0 Å². The lowest BCUT2D eigenvalue weighted by Crippen LogP contribution is -2.27. The van der Waals surface area contributed by atoms with Gasteiger partial charge in [-0.25, -0.2) is 0 Å². The molecule has 3 rings (SSSR count). The van der Waals surface area contributed by atoms with Crippen LogP contribution in [0.2, 0.25) is 0 Å². The monoisotopic (exact) mass is 282 g/mol. The van der Waals surface area contributed by atoms with Crippen molar-refractivity contribution in [2.24, 2.45) is 7.05 Å². The Hall–Kier alpha value is -1.87. The molecule has 1 aromatic heterocycles. The third-order valence-electron chi connectivity index (χ3n) is 4.20. The van der Waals surface area contributed by atoms with Crippen LogP contribution in [0.1, 0.15) is 29.5 Å². The van der Waals surface area contributed by atoms with Gasteiger partial charge in [0.1, 0.15) is 0 Å². The Bertz CT molecular complexity index is 726. The highest BCUT2D eigenvalue weighted by atomic mass is 16.1. The van der Waals surface area contributed by atoms with Gasteiger partial charge in [0.25, 0.3) is 5.56 Å². The summed E-state index contributed by atoms with van der Waals surface area (Å²) >= 11 is 0. The van der Waals surface area contributed by atoms with Crippen molar-refractivity contribution in [2.45, 2.75) is 39.3 Å². The zero-order valence-electron chi connectivity index (χ0n) is 12.9. The van der Waals surface area contributed by atoms with Crippen LogP contribution in [0.15, 0.2) is 35.1 Å². The molecule has 0 saturated heterocycles. The molecule has 0 bridgehead atoms. The lowest BCUT2D eigenvalue weighted by molar-refractivity contribution is 0.674. The van der Waals surface area contributed by atoms with Crippen molar-refractivity contribution in [1.29, 1.82) is 0 Å². The highest BCUT2D eigenvalue weighted by Crippen LogP contribution is 2.23. The van der Waals surface area contributed by atoms with Gasteiger partial charge in [0, 0.05) is 30.8 Å². The minimum atomic E-state index is 0.0978. The maximum atomic E-state index is 12.5. The molecule has 21 heavy (non-hydrogen) atoms. The summed E-state index contributed by atoms with van der Waals surface area (Å²) in [7, 11) is 1.86. The van der Waals surface area contributed by atoms with E-state index in [9.17, 15) is 4.79 Å². The van der Waals surface area contributed by atoms with E-state index >= 15 is 0 Å². The highest BCUT2D eigenvalue weighted by molar-refractivity contribution is 5.64. The van der Waals surface area contributed by atoms with Crippen LogP contribution < -0.4 is 10.9 Å². The molecule has 0 atom stereocenters. The zero-order valence-corrected chi connectivity index (χ0v) is 12.9. The van der Waals surface area contributed by atoms with Gasteiger partial charge < -0.3 is 9.88 Å². The smallest absolute Gasteiger partial charge is 0.255 e. The van der Waals surface area contributed by atoms with Gasteiger partial charge in [0.2, 0.25) is 0 Å². The van der Waals surface area contributed by atoms with Crippen LogP contribution in [0.3, 0.4) is 0 Å². The van der Waals surface area contributed by atoms with Crippen molar-refractivity contribution in [2.75, 3.05) is 0 Å². The SMILES string of the molecule is Cc1ccc(-c2ccc(CNC3CC3)c(=O)n2C)c(C)c1. The van der Waals surface area contributed by atoms with Gasteiger partial charge in [-0.3, -0.25) is 4.79 Å². The first-order valence-corrected chi connectivity index (χ1v) is 7.56. The van der Waals surface area contributed by atoms with E-state index in [1.54, 1.807) is 4.57 Å². The Labute approximate surface area is 125 Å². The largest absolute Gasteiger partial charge is 0.311 e. The number of nitrogens with zero attached hydrogens (tertiary/aromatic N) is 1. The Kier molecular flexibility index (Phi) is 3.68. The van der Waals surface area contributed by atoms with E-state index < -0.39 is 0 Å². The number of nitrogens with one attached hydrogen (secondary N) is 1. The predicted molar refractivity (Wildman–Crippen MR) is 86.5 cm³/mol. The van der Waals surface area contributed by atoms with Gasteiger partial charge in [-0.1, -0.05) is 29.8 Å². The number of hydrogen-bond acceptors (Lipinski definition) is 2. The van der Waals surface area contributed by atoms with Crippen molar-refractivity contribution in [3.63, 3.8) is 0 Å². The fourth-order valence-corrected chi connectivity index (χ4v) is 2.74. The van der Waals surface area contributed by atoms with Crippen molar-refractivity contribution in [1.82, 2.24) is 9.88 Å². The first kappa shape index (κ1) is 14.1. The molecule has 3 heteroatoms.